The summed E-state index contributed by atoms with van der Waals surface area (Å²) in [7, 11) is 1.63. The molecule has 1 aliphatic rings. The summed E-state index contributed by atoms with van der Waals surface area (Å²) in [5.41, 5.74) is 4.78. The number of hydrogen-bond acceptors (Lipinski definition) is 3. The summed E-state index contributed by atoms with van der Waals surface area (Å²) < 4.78 is 5.41. The van der Waals surface area contributed by atoms with Gasteiger partial charge in [0.25, 0.3) is 0 Å². The fourth-order valence-corrected chi connectivity index (χ4v) is 2.36. The minimum atomic E-state index is -0.706. The van der Waals surface area contributed by atoms with E-state index in [2.05, 4.69) is 10.9 Å². The van der Waals surface area contributed by atoms with E-state index in [4.69, 9.17) is 16.9 Å². The zero-order chi connectivity index (χ0) is 14.1. The van der Waals surface area contributed by atoms with E-state index in [0.29, 0.717) is 12.3 Å². The molecule has 0 spiro atoms. The fourth-order valence-electron chi connectivity index (χ4n) is 2.36. The molecule has 2 unspecified atom stereocenters. The average molecular weight is 251 g/mol. The maximum atomic E-state index is 11.9. The summed E-state index contributed by atoms with van der Waals surface area (Å²) in [6.07, 6.45) is 5.94. The Morgan fingerprint density at radius 1 is 1.67 bits per heavy atom. The lowest BCUT2D eigenvalue weighted by Gasteiger charge is -2.41. The van der Waals surface area contributed by atoms with Crippen molar-refractivity contribution in [3.8, 4) is 12.3 Å². The highest BCUT2D eigenvalue weighted by Gasteiger charge is 2.49. The van der Waals surface area contributed by atoms with Gasteiger partial charge in [0.05, 0.1) is 11.6 Å². The van der Waals surface area contributed by atoms with Crippen LogP contribution in [0, 0.1) is 12.3 Å². The first kappa shape index (κ1) is 14.5. The summed E-state index contributed by atoms with van der Waals surface area (Å²) in [5.74, 6) is 2.84. The van der Waals surface area contributed by atoms with Crippen molar-refractivity contribution >= 4 is 11.9 Å². The number of carbonyl (C=O) groups is 1. The van der Waals surface area contributed by atoms with E-state index >= 15 is 0 Å². The predicted molar refractivity (Wildman–Crippen MR) is 71.3 cm³/mol. The van der Waals surface area contributed by atoms with Crippen LogP contribution in [-0.4, -0.2) is 41.1 Å². The molecule has 0 aliphatic carbocycles. The van der Waals surface area contributed by atoms with Crippen LogP contribution in [0.15, 0.2) is 4.99 Å². The van der Waals surface area contributed by atoms with Gasteiger partial charge in [-0.1, -0.05) is 5.92 Å². The standard InChI is InChI=1S/C13H21N3O2/c1-7-9(2)16-11(17)15-10(14)13(16,5)8-12(3,4)18-6/h1,9H,8H2,2-6H3,(H2,14,15,17). The molecular formula is C13H21N3O2. The molecule has 1 rings (SSSR count). The molecule has 100 valence electrons. The van der Waals surface area contributed by atoms with Gasteiger partial charge in [-0.05, 0) is 27.7 Å². The van der Waals surface area contributed by atoms with Crippen LogP contribution >= 0.6 is 0 Å². The lowest BCUT2D eigenvalue weighted by molar-refractivity contribution is -0.0110. The Bertz CT molecular complexity index is 422. The van der Waals surface area contributed by atoms with Gasteiger partial charge in [0.2, 0.25) is 0 Å². The minimum Gasteiger partial charge on any atom is -0.385 e. The average Bonchev–Trinajstić information content (AvgIpc) is 2.48. The number of carbonyl (C=O) groups excluding carboxylic acids is 1. The third-order valence-corrected chi connectivity index (χ3v) is 3.46. The lowest BCUT2D eigenvalue weighted by Crippen LogP contribution is -2.57. The molecule has 0 bridgehead atoms. The Labute approximate surface area is 108 Å². The van der Waals surface area contributed by atoms with Crippen molar-refractivity contribution in [2.24, 2.45) is 10.7 Å². The SMILES string of the molecule is C#CC(C)N1C(=O)N=C(N)C1(C)CC(C)(C)OC. The summed E-state index contributed by atoms with van der Waals surface area (Å²) in [5, 5.41) is 0. The fraction of sp³-hybridized carbons (Fsp3) is 0.692. The molecule has 0 saturated heterocycles. The molecule has 5 heteroatoms. The number of terminal acetylenes is 1. The topological polar surface area (TPSA) is 67.9 Å². The molecule has 0 radical (unpaired) electrons. The third-order valence-electron chi connectivity index (χ3n) is 3.46. The molecule has 0 saturated carbocycles. The predicted octanol–water partition coefficient (Wildman–Crippen LogP) is 1.37. The van der Waals surface area contributed by atoms with Crippen LogP contribution in [0.5, 0.6) is 0 Å². The monoisotopic (exact) mass is 251 g/mol. The van der Waals surface area contributed by atoms with Crippen molar-refractivity contribution in [2.75, 3.05) is 7.11 Å². The van der Waals surface area contributed by atoms with E-state index in [9.17, 15) is 4.79 Å². The molecule has 0 aromatic rings. The molecule has 0 fully saturated rings. The van der Waals surface area contributed by atoms with Crippen LogP contribution in [0.4, 0.5) is 4.79 Å². The zero-order valence-corrected chi connectivity index (χ0v) is 11.7. The van der Waals surface area contributed by atoms with Gasteiger partial charge in [0.15, 0.2) is 0 Å². The molecule has 1 aliphatic heterocycles. The highest BCUT2D eigenvalue weighted by molar-refractivity contribution is 6.05. The van der Waals surface area contributed by atoms with Crippen molar-refractivity contribution in [2.45, 2.75) is 51.3 Å². The van der Waals surface area contributed by atoms with E-state index in [1.807, 2.05) is 20.8 Å². The van der Waals surface area contributed by atoms with Crippen LogP contribution in [0.1, 0.15) is 34.1 Å². The number of ether oxygens (including phenoxy) is 1. The van der Waals surface area contributed by atoms with E-state index in [0.717, 1.165) is 0 Å². The van der Waals surface area contributed by atoms with Gasteiger partial charge < -0.3 is 10.5 Å². The third kappa shape index (κ3) is 2.34. The van der Waals surface area contributed by atoms with Crippen molar-refractivity contribution in [3.63, 3.8) is 0 Å². The Kier molecular flexibility index (Phi) is 3.72. The second-order valence-electron chi connectivity index (χ2n) is 5.41. The number of amides is 2. The molecule has 18 heavy (non-hydrogen) atoms. The van der Waals surface area contributed by atoms with Crippen LogP contribution in [0.25, 0.3) is 0 Å². The highest BCUT2D eigenvalue weighted by Crippen LogP contribution is 2.34. The number of nitrogens with zero attached hydrogens (tertiary/aromatic N) is 2. The first-order chi connectivity index (χ1) is 8.18. The highest BCUT2D eigenvalue weighted by atomic mass is 16.5. The smallest absolute Gasteiger partial charge is 0.347 e. The number of urea groups is 1. The summed E-state index contributed by atoms with van der Waals surface area (Å²) in [4.78, 5) is 17.3. The molecule has 2 amide bonds. The van der Waals surface area contributed by atoms with Crippen molar-refractivity contribution in [1.29, 1.82) is 0 Å². The molecule has 0 aromatic carbocycles. The Hall–Kier alpha value is -1.54. The molecule has 2 N–H and O–H groups in total. The van der Waals surface area contributed by atoms with Crippen molar-refractivity contribution in [1.82, 2.24) is 4.90 Å². The second kappa shape index (κ2) is 4.62. The van der Waals surface area contributed by atoms with Gasteiger partial charge in [0, 0.05) is 13.5 Å². The number of nitrogens with two attached hydrogens (primary N) is 1. The number of aliphatic imine (C=N–C) groups is 1. The molecule has 5 nitrogen and oxygen atoms in total. The number of hydrogen-bond donors (Lipinski definition) is 1. The van der Waals surface area contributed by atoms with Crippen molar-refractivity contribution in [3.05, 3.63) is 0 Å². The minimum absolute atomic E-state index is 0.291. The van der Waals surface area contributed by atoms with Gasteiger partial charge in [-0.25, -0.2) is 4.79 Å². The van der Waals surface area contributed by atoms with Crippen molar-refractivity contribution < 1.29 is 9.53 Å². The number of methoxy groups -OCH3 is 1. The summed E-state index contributed by atoms with van der Waals surface area (Å²) >= 11 is 0. The zero-order valence-electron chi connectivity index (χ0n) is 11.7. The summed E-state index contributed by atoms with van der Waals surface area (Å²) in [6.45, 7) is 7.52. The normalized spacial score (nSPS) is 25.9. The molecule has 1 heterocycles. The van der Waals surface area contributed by atoms with Crippen LogP contribution in [0.3, 0.4) is 0 Å². The van der Waals surface area contributed by atoms with Crippen LogP contribution in [0.2, 0.25) is 0 Å². The van der Waals surface area contributed by atoms with E-state index < -0.39 is 11.1 Å². The van der Waals surface area contributed by atoms with Gasteiger partial charge in [0.1, 0.15) is 11.4 Å². The van der Waals surface area contributed by atoms with Gasteiger partial charge >= 0.3 is 6.03 Å². The largest absolute Gasteiger partial charge is 0.385 e. The first-order valence-electron chi connectivity index (χ1n) is 5.87. The molecular weight excluding hydrogens is 230 g/mol. The quantitative estimate of drug-likeness (QED) is 0.767. The van der Waals surface area contributed by atoms with E-state index in [1.165, 1.54) is 0 Å². The maximum absolute atomic E-state index is 11.9. The number of amidine groups is 1. The Balaban J connectivity index is 3.13. The molecule has 0 aromatic heterocycles. The Morgan fingerprint density at radius 3 is 2.67 bits per heavy atom. The lowest BCUT2D eigenvalue weighted by atomic mass is 9.85. The number of rotatable bonds is 4. The van der Waals surface area contributed by atoms with Gasteiger partial charge in [-0.3, -0.25) is 4.90 Å². The van der Waals surface area contributed by atoms with Gasteiger partial charge in [-0.2, -0.15) is 4.99 Å². The summed E-state index contributed by atoms with van der Waals surface area (Å²) in [6, 6.07) is -0.743. The maximum Gasteiger partial charge on any atom is 0.347 e. The second-order valence-corrected chi connectivity index (χ2v) is 5.41. The van der Waals surface area contributed by atoms with Gasteiger partial charge in [-0.15, -0.1) is 6.42 Å². The first-order valence-corrected chi connectivity index (χ1v) is 5.87. The van der Waals surface area contributed by atoms with Crippen LogP contribution in [-0.2, 0) is 4.74 Å². The Morgan fingerprint density at radius 2 is 2.22 bits per heavy atom. The van der Waals surface area contributed by atoms with Crippen LogP contribution < -0.4 is 5.73 Å². The van der Waals surface area contributed by atoms with E-state index in [1.54, 1.807) is 18.9 Å². The molecule has 2 atom stereocenters. The van der Waals surface area contributed by atoms with E-state index in [-0.39, 0.29) is 12.1 Å².